The molecule has 3 rings (SSSR count). The van der Waals surface area contributed by atoms with Gasteiger partial charge in [0.25, 0.3) is 0 Å². The van der Waals surface area contributed by atoms with E-state index in [1.165, 1.54) is 5.56 Å². The van der Waals surface area contributed by atoms with E-state index in [-0.39, 0.29) is 11.8 Å². The Labute approximate surface area is 183 Å². The maximum absolute atomic E-state index is 12.6. The Morgan fingerprint density at radius 2 is 1.74 bits per heavy atom. The van der Waals surface area contributed by atoms with Crippen LogP contribution in [0.25, 0.3) is 11.5 Å². The summed E-state index contributed by atoms with van der Waals surface area (Å²) in [5.41, 5.74) is 3.41. The second-order valence-electron chi connectivity index (χ2n) is 7.91. The highest BCUT2D eigenvalue weighted by atomic mass is 32.2. The fourth-order valence-electron chi connectivity index (χ4n) is 3.26. The maximum Gasteiger partial charge on any atom is 0.235 e. The Morgan fingerprint density at radius 1 is 1.06 bits per heavy atom. The topological polar surface area (TPSA) is 89.3 Å². The summed E-state index contributed by atoms with van der Waals surface area (Å²) >= 11 is 0. The number of hydrogen-bond donors (Lipinski definition) is 1. The van der Waals surface area contributed by atoms with E-state index in [4.69, 9.17) is 4.42 Å². The van der Waals surface area contributed by atoms with E-state index in [1.54, 1.807) is 6.92 Å². The van der Waals surface area contributed by atoms with Crippen LogP contribution < -0.4 is 5.32 Å². The summed E-state index contributed by atoms with van der Waals surface area (Å²) in [7, 11) is -3.68. The van der Waals surface area contributed by atoms with Gasteiger partial charge in [0.05, 0.1) is 11.4 Å². The minimum absolute atomic E-state index is 0.121. The van der Waals surface area contributed by atoms with Crippen LogP contribution in [-0.2, 0) is 26.8 Å². The molecule has 0 aliphatic carbocycles. The van der Waals surface area contributed by atoms with Crippen molar-refractivity contribution in [3.63, 3.8) is 0 Å². The number of aromatic nitrogens is 1. The van der Waals surface area contributed by atoms with Gasteiger partial charge in [-0.3, -0.25) is 4.79 Å². The fraction of sp³-hybridized carbons (Fsp3) is 0.333. The molecule has 1 heterocycles. The predicted molar refractivity (Wildman–Crippen MR) is 121 cm³/mol. The molecule has 1 amide bonds. The molecule has 0 spiro atoms. The largest absolute Gasteiger partial charge is 0.441 e. The van der Waals surface area contributed by atoms with Gasteiger partial charge in [-0.25, -0.2) is 13.4 Å². The number of aryl methyl sites for hydroxylation is 3. The fourth-order valence-corrected chi connectivity index (χ4v) is 4.53. The Morgan fingerprint density at radius 3 is 2.42 bits per heavy atom. The normalized spacial score (nSPS) is 12.5. The van der Waals surface area contributed by atoms with Crippen molar-refractivity contribution in [1.82, 2.24) is 10.3 Å². The molecule has 0 aliphatic rings. The first-order chi connectivity index (χ1) is 14.7. The van der Waals surface area contributed by atoms with Gasteiger partial charge in [-0.05, 0) is 51.3 Å². The van der Waals surface area contributed by atoms with Crippen LogP contribution in [0.4, 0.5) is 0 Å². The van der Waals surface area contributed by atoms with E-state index in [9.17, 15) is 13.2 Å². The van der Waals surface area contributed by atoms with Gasteiger partial charge in [0, 0.05) is 11.6 Å². The van der Waals surface area contributed by atoms with Crippen LogP contribution in [-0.4, -0.2) is 31.1 Å². The molecule has 1 aromatic heterocycles. The van der Waals surface area contributed by atoms with Crippen molar-refractivity contribution in [3.05, 3.63) is 77.2 Å². The Balaban J connectivity index is 1.55. The number of oxazole rings is 1. The summed E-state index contributed by atoms with van der Waals surface area (Å²) in [6.45, 7) is 5.54. The number of amides is 1. The molecule has 164 valence electrons. The minimum Gasteiger partial charge on any atom is -0.441 e. The third-order valence-electron chi connectivity index (χ3n) is 5.02. The third-order valence-corrected chi connectivity index (χ3v) is 6.43. The van der Waals surface area contributed by atoms with Crippen LogP contribution in [0.3, 0.4) is 0 Å². The number of carbonyl (C=O) groups excluding carboxylic acids is 1. The zero-order valence-electron chi connectivity index (χ0n) is 18.1. The molecule has 0 aliphatic heterocycles. The van der Waals surface area contributed by atoms with E-state index in [0.717, 1.165) is 24.0 Å². The van der Waals surface area contributed by atoms with Crippen LogP contribution in [0.5, 0.6) is 0 Å². The molecule has 0 saturated carbocycles. The van der Waals surface area contributed by atoms with Crippen LogP contribution in [0.15, 0.2) is 59.0 Å². The summed E-state index contributed by atoms with van der Waals surface area (Å²) in [5.74, 6) is -0.590. The Bertz CT molecular complexity index is 1120. The van der Waals surface area contributed by atoms with Gasteiger partial charge in [0.2, 0.25) is 11.8 Å². The van der Waals surface area contributed by atoms with E-state index in [1.807, 2.05) is 68.4 Å². The van der Waals surface area contributed by atoms with Crippen LogP contribution >= 0.6 is 0 Å². The molecule has 2 aromatic carbocycles. The average Bonchev–Trinajstić information content (AvgIpc) is 3.06. The molecule has 7 heteroatoms. The first kappa shape index (κ1) is 22.7. The number of sulfone groups is 1. The van der Waals surface area contributed by atoms with Gasteiger partial charge in [0.15, 0.2) is 9.84 Å². The molecule has 1 atom stereocenters. The van der Waals surface area contributed by atoms with E-state index >= 15 is 0 Å². The van der Waals surface area contributed by atoms with Crippen molar-refractivity contribution in [1.29, 1.82) is 0 Å². The zero-order chi connectivity index (χ0) is 22.4. The van der Waals surface area contributed by atoms with E-state index in [2.05, 4.69) is 10.3 Å². The molecule has 0 bridgehead atoms. The summed E-state index contributed by atoms with van der Waals surface area (Å²) in [6.07, 6.45) is 1.55. The van der Waals surface area contributed by atoms with Gasteiger partial charge < -0.3 is 9.73 Å². The van der Waals surface area contributed by atoms with Gasteiger partial charge in [-0.1, -0.05) is 48.0 Å². The smallest absolute Gasteiger partial charge is 0.235 e. The molecule has 0 radical (unpaired) electrons. The quantitative estimate of drug-likeness (QED) is 0.543. The van der Waals surface area contributed by atoms with E-state index in [0.29, 0.717) is 17.3 Å². The lowest BCUT2D eigenvalue weighted by Gasteiger charge is -2.14. The zero-order valence-corrected chi connectivity index (χ0v) is 18.9. The number of nitrogens with zero attached hydrogens (tertiary/aromatic N) is 1. The highest BCUT2D eigenvalue weighted by molar-refractivity contribution is 7.91. The van der Waals surface area contributed by atoms with Gasteiger partial charge in [-0.15, -0.1) is 0 Å². The van der Waals surface area contributed by atoms with Crippen LogP contribution in [0, 0.1) is 13.8 Å². The summed E-state index contributed by atoms with van der Waals surface area (Å²) < 4.78 is 30.8. The SMILES string of the molecule is Cc1ccc(-c2nc(CS(=O)(=O)CC(=O)NC(C)CCc3ccccc3)c(C)o2)cc1. The first-order valence-electron chi connectivity index (χ1n) is 10.3. The molecule has 0 fully saturated rings. The van der Waals surface area contributed by atoms with Crippen molar-refractivity contribution in [2.75, 3.05) is 5.75 Å². The number of hydrogen-bond acceptors (Lipinski definition) is 5. The highest BCUT2D eigenvalue weighted by Gasteiger charge is 2.23. The molecule has 31 heavy (non-hydrogen) atoms. The van der Waals surface area contributed by atoms with Crippen molar-refractivity contribution in [3.8, 4) is 11.5 Å². The van der Waals surface area contributed by atoms with Crippen molar-refractivity contribution in [2.45, 2.75) is 45.4 Å². The van der Waals surface area contributed by atoms with Crippen molar-refractivity contribution < 1.29 is 17.6 Å². The molecule has 0 saturated heterocycles. The van der Waals surface area contributed by atoms with Gasteiger partial charge >= 0.3 is 0 Å². The standard InChI is InChI=1S/C24H28N2O4S/c1-17-9-13-21(14-10-17)24-26-22(19(3)30-24)15-31(28,29)16-23(27)25-18(2)11-12-20-7-5-4-6-8-20/h4-10,13-14,18H,11-12,15-16H2,1-3H3,(H,25,27). The maximum atomic E-state index is 12.6. The van der Waals surface area contributed by atoms with Gasteiger partial charge in [0.1, 0.15) is 11.5 Å². The molecular formula is C24H28N2O4S. The monoisotopic (exact) mass is 440 g/mol. The molecule has 3 aromatic rings. The first-order valence-corrected chi connectivity index (χ1v) is 12.1. The summed E-state index contributed by atoms with van der Waals surface area (Å²) in [6, 6.07) is 17.5. The van der Waals surface area contributed by atoms with Crippen molar-refractivity contribution in [2.24, 2.45) is 0 Å². The summed E-state index contributed by atoms with van der Waals surface area (Å²) in [4.78, 5) is 16.6. The van der Waals surface area contributed by atoms with Crippen LogP contribution in [0.1, 0.15) is 35.9 Å². The number of benzene rings is 2. The van der Waals surface area contributed by atoms with Gasteiger partial charge in [-0.2, -0.15) is 0 Å². The third kappa shape index (κ3) is 6.79. The second-order valence-corrected chi connectivity index (χ2v) is 9.98. The Kier molecular flexibility index (Phi) is 7.28. The lowest BCUT2D eigenvalue weighted by Crippen LogP contribution is -2.37. The highest BCUT2D eigenvalue weighted by Crippen LogP contribution is 2.23. The lowest BCUT2D eigenvalue weighted by atomic mass is 10.1. The molecule has 1 N–H and O–H groups in total. The minimum atomic E-state index is -3.68. The number of nitrogens with one attached hydrogen (secondary N) is 1. The molecule has 1 unspecified atom stereocenters. The van der Waals surface area contributed by atoms with E-state index < -0.39 is 21.5 Å². The Hall–Kier alpha value is -2.93. The van der Waals surface area contributed by atoms with Crippen molar-refractivity contribution >= 4 is 15.7 Å². The number of carbonyl (C=O) groups is 1. The second kappa shape index (κ2) is 9.92. The lowest BCUT2D eigenvalue weighted by molar-refractivity contribution is -0.119. The molecular weight excluding hydrogens is 412 g/mol. The molecule has 6 nitrogen and oxygen atoms in total. The number of rotatable bonds is 9. The summed E-state index contributed by atoms with van der Waals surface area (Å²) in [5, 5.41) is 2.78. The average molecular weight is 441 g/mol. The van der Waals surface area contributed by atoms with Crippen LogP contribution in [0.2, 0.25) is 0 Å². The predicted octanol–water partition coefficient (Wildman–Crippen LogP) is 4.01.